The van der Waals surface area contributed by atoms with Crippen LogP contribution in [0.25, 0.3) is 0 Å². The Labute approximate surface area is 116 Å². The number of allylic oxidation sites excluding steroid dienone is 2. The van der Waals surface area contributed by atoms with Gasteiger partial charge >= 0.3 is 0 Å². The van der Waals surface area contributed by atoms with E-state index in [2.05, 4.69) is 39.0 Å². The SMILES string of the molecule is CC(C)Cc1cccc(C(=O)C2=CCC(C)CC2)c1. The van der Waals surface area contributed by atoms with Crippen molar-refractivity contribution in [3.63, 3.8) is 0 Å². The van der Waals surface area contributed by atoms with Gasteiger partial charge in [-0.05, 0) is 54.7 Å². The van der Waals surface area contributed by atoms with Gasteiger partial charge in [-0.25, -0.2) is 0 Å². The zero-order valence-corrected chi connectivity index (χ0v) is 12.3. The van der Waals surface area contributed by atoms with Gasteiger partial charge in [0.15, 0.2) is 5.78 Å². The highest BCUT2D eigenvalue weighted by molar-refractivity contribution is 6.08. The predicted octanol–water partition coefficient (Wildman–Crippen LogP) is 4.81. The summed E-state index contributed by atoms with van der Waals surface area (Å²) in [6.45, 7) is 6.67. The Balaban J connectivity index is 2.15. The van der Waals surface area contributed by atoms with Crippen LogP contribution in [-0.4, -0.2) is 5.78 Å². The maximum atomic E-state index is 12.5. The van der Waals surface area contributed by atoms with Crippen molar-refractivity contribution in [2.45, 2.75) is 46.5 Å². The summed E-state index contributed by atoms with van der Waals surface area (Å²) in [5, 5.41) is 0. The van der Waals surface area contributed by atoms with Gasteiger partial charge in [0, 0.05) is 5.56 Å². The maximum absolute atomic E-state index is 12.5. The Morgan fingerprint density at radius 2 is 2.16 bits per heavy atom. The molecule has 0 saturated heterocycles. The fourth-order valence-corrected chi connectivity index (χ4v) is 2.67. The van der Waals surface area contributed by atoms with Gasteiger partial charge in [0.1, 0.15) is 0 Å². The van der Waals surface area contributed by atoms with Crippen molar-refractivity contribution >= 4 is 5.78 Å². The Hall–Kier alpha value is -1.37. The van der Waals surface area contributed by atoms with Gasteiger partial charge in [0.05, 0.1) is 0 Å². The second-order valence-corrected chi connectivity index (χ2v) is 6.24. The third-order valence-corrected chi connectivity index (χ3v) is 3.80. The third kappa shape index (κ3) is 3.79. The molecule has 1 aliphatic rings. The van der Waals surface area contributed by atoms with Crippen molar-refractivity contribution in [2.75, 3.05) is 0 Å². The second-order valence-electron chi connectivity index (χ2n) is 6.24. The van der Waals surface area contributed by atoms with E-state index >= 15 is 0 Å². The number of carbonyl (C=O) groups excluding carboxylic acids is 1. The van der Waals surface area contributed by atoms with Crippen LogP contribution in [-0.2, 0) is 6.42 Å². The van der Waals surface area contributed by atoms with Crippen molar-refractivity contribution in [3.05, 3.63) is 47.0 Å². The summed E-state index contributed by atoms with van der Waals surface area (Å²) in [6, 6.07) is 8.15. The summed E-state index contributed by atoms with van der Waals surface area (Å²) in [7, 11) is 0. The van der Waals surface area contributed by atoms with Gasteiger partial charge in [-0.3, -0.25) is 4.79 Å². The first kappa shape index (κ1) is 14.0. The predicted molar refractivity (Wildman–Crippen MR) is 80.4 cm³/mol. The molecule has 1 aromatic rings. The molecule has 0 heterocycles. The first-order chi connectivity index (χ1) is 9.06. The number of benzene rings is 1. The number of Topliss-reactive ketones (excluding diaryl/α,β-unsaturated/α-hetero) is 1. The zero-order valence-electron chi connectivity index (χ0n) is 12.3. The van der Waals surface area contributed by atoms with Crippen LogP contribution in [0.2, 0.25) is 0 Å². The van der Waals surface area contributed by atoms with Gasteiger partial charge in [-0.15, -0.1) is 0 Å². The highest BCUT2D eigenvalue weighted by Gasteiger charge is 2.17. The van der Waals surface area contributed by atoms with Crippen molar-refractivity contribution in [3.8, 4) is 0 Å². The largest absolute Gasteiger partial charge is 0.289 e. The Kier molecular flexibility index (Phi) is 4.57. The fraction of sp³-hybridized carbons (Fsp3) is 0.500. The lowest BCUT2D eigenvalue weighted by Gasteiger charge is -2.17. The average molecular weight is 256 g/mol. The minimum absolute atomic E-state index is 0.234. The van der Waals surface area contributed by atoms with Crippen LogP contribution in [0.1, 0.15) is 56.0 Å². The minimum Gasteiger partial charge on any atom is -0.289 e. The summed E-state index contributed by atoms with van der Waals surface area (Å²) in [4.78, 5) is 12.5. The van der Waals surface area contributed by atoms with Gasteiger partial charge in [0.2, 0.25) is 0 Å². The topological polar surface area (TPSA) is 17.1 Å². The van der Waals surface area contributed by atoms with Crippen molar-refractivity contribution < 1.29 is 4.79 Å². The first-order valence-electron chi connectivity index (χ1n) is 7.39. The molecule has 102 valence electrons. The molecule has 0 bridgehead atoms. The van der Waals surface area contributed by atoms with Gasteiger partial charge in [-0.2, -0.15) is 0 Å². The van der Waals surface area contributed by atoms with Crippen molar-refractivity contribution in [2.24, 2.45) is 11.8 Å². The quantitative estimate of drug-likeness (QED) is 0.706. The molecular formula is C18H24O. The van der Waals surface area contributed by atoms with E-state index < -0.39 is 0 Å². The van der Waals surface area contributed by atoms with E-state index in [1.807, 2.05) is 12.1 Å². The molecule has 1 nitrogen and oxygen atoms in total. The van der Waals surface area contributed by atoms with Crippen LogP contribution in [0, 0.1) is 11.8 Å². The molecule has 0 fully saturated rings. The molecule has 0 saturated carbocycles. The number of hydrogen-bond donors (Lipinski definition) is 0. The number of carbonyl (C=O) groups is 1. The Morgan fingerprint density at radius 1 is 1.37 bits per heavy atom. The number of ketones is 1. The van der Waals surface area contributed by atoms with Gasteiger partial charge in [-0.1, -0.05) is 45.0 Å². The third-order valence-electron chi connectivity index (χ3n) is 3.80. The highest BCUT2D eigenvalue weighted by Crippen LogP contribution is 2.25. The van der Waals surface area contributed by atoms with Gasteiger partial charge < -0.3 is 0 Å². The summed E-state index contributed by atoms with van der Waals surface area (Å²) in [6.07, 6.45) is 6.31. The number of rotatable bonds is 4. The van der Waals surface area contributed by atoms with E-state index in [9.17, 15) is 4.79 Å². The summed E-state index contributed by atoms with van der Waals surface area (Å²) < 4.78 is 0. The molecule has 0 aliphatic heterocycles. The van der Waals surface area contributed by atoms with Crippen LogP contribution < -0.4 is 0 Å². The lowest BCUT2D eigenvalue weighted by molar-refractivity contribution is 0.102. The summed E-state index contributed by atoms with van der Waals surface area (Å²) in [5.74, 6) is 1.58. The Morgan fingerprint density at radius 3 is 2.79 bits per heavy atom. The molecule has 0 spiro atoms. The fourth-order valence-electron chi connectivity index (χ4n) is 2.67. The molecule has 2 rings (SSSR count). The molecule has 1 atom stereocenters. The van der Waals surface area contributed by atoms with Crippen LogP contribution >= 0.6 is 0 Å². The van der Waals surface area contributed by atoms with E-state index in [0.717, 1.165) is 42.7 Å². The normalized spacial score (nSPS) is 19.4. The summed E-state index contributed by atoms with van der Waals surface area (Å²) >= 11 is 0. The molecule has 0 radical (unpaired) electrons. The molecule has 0 amide bonds. The maximum Gasteiger partial charge on any atom is 0.188 e. The standard InChI is InChI=1S/C18H24O/c1-13(2)11-15-5-4-6-17(12-15)18(19)16-9-7-14(3)8-10-16/h4-6,9,12-14H,7-8,10-11H2,1-3H3. The lowest BCUT2D eigenvalue weighted by Crippen LogP contribution is -2.10. The van der Waals surface area contributed by atoms with E-state index in [1.54, 1.807) is 0 Å². The highest BCUT2D eigenvalue weighted by atomic mass is 16.1. The van der Waals surface area contributed by atoms with Crippen LogP contribution in [0.4, 0.5) is 0 Å². The van der Waals surface area contributed by atoms with Gasteiger partial charge in [0.25, 0.3) is 0 Å². The number of hydrogen-bond acceptors (Lipinski definition) is 1. The molecular weight excluding hydrogens is 232 g/mol. The average Bonchev–Trinajstić information content (AvgIpc) is 2.38. The first-order valence-corrected chi connectivity index (χ1v) is 7.39. The molecule has 1 aromatic carbocycles. The van der Waals surface area contributed by atoms with Crippen LogP contribution in [0.15, 0.2) is 35.9 Å². The van der Waals surface area contributed by atoms with E-state index in [1.165, 1.54) is 5.56 Å². The van der Waals surface area contributed by atoms with E-state index in [-0.39, 0.29) is 5.78 Å². The molecule has 1 heteroatoms. The second kappa shape index (κ2) is 6.18. The van der Waals surface area contributed by atoms with Crippen molar-refractivity contribution in [1.29, 1.82) is 0 Å². The molecule has 0 N–H and O–H groups in total. The smallest absolute Gasteiger partial charge is 0.188 e. The minimum atomic E-state index is 0.234. The van der Waals surface area contributed by atoms with Crippen LogP contribution in [0.3, 0.4) is 0 Å². The summed E-state index contributed by atoms with van der Waals surface area (Å²) in [5.41, 5.74) is 3.14. The molecule has 1 aliphatic carbocycles. The van der Waals surface area contributed by atoms with E-state index in [0.29, 0.717) is 5.92 Å². The molecule has 1 unspecified atom stereocenters. The monoisotopic (exact) mass is 256 g/mol. The van der Waals surface area contributed by atoms with E-state index in [4.69, 9.17) is 0 Å². The zero-order chi connectivity index (χ0) is 13.8. The molecule has 19 heavy (non-hydrogen) atoms. The van der Waals surface area contributed by atoms with Crippen molar-refractivity contribution in [1.82, 2.24) is 0 Å². The lowest BCUT2D eigenvalue weighted by atomic mass is 9.87. The van der Waals surface area contributed by atoms with Crippen LogP contribution in [0.5, 0.6) is 0 Å². The molecule has 0 aromatic heterocycles. The Bertz CT molecular complexity index is 482.